The van der Waals surface area contributed by atoms with E-state index in [-0.39, 0.29) is 6.04 Å². The zero-order chi connectivity index (χ0) is 20.8. The van der Waals surface area contributed by atoms with Crippen molar-refractivity contribution in [1.29, 1.82) is 0 Å². The third kappa shape index (κ3) is 4.78. The smallest absolute Gasteiger partial charge is 0.309 e. The van der Waals surface area contributed by atoms with Gasteiger partial charge in [-0.15, -0.1) is 0 Å². The molecule has 2 aromatic carbocycles. The van der Waals surface area contributed by atoms with Crippen LogP contribution in [0.15, 0.2) is 77.4 Å². The maximum atomic E-state index is 12.3. The van der Waals surface area contributed by atoms with E-state index >= 15 is 0 Å². The number of fused-ring (bicyclic) bond motifs is 1. The van der Waals surface area contributed by atoms with Crippen molar-refractivity contribution >= 4 is 11.8 Å². The first-order chi connectivity index (χ1) is 14.7. The molecule has 1 unspecified atom stereocenters. The van der Waals surface area contributed by atoms with E-state index in [4.69, 9.17) is 4.42 Å². The lowest BCUT2D eigenvalue weighted by Crippen LogP contribution is -2.45. The van der Waals surface area contributed by atoms with Crippen LogP contribution in [0.1, 0.15) is 28.5 Å². The Bertz CT molecular complexity index is 986. The zero-order valence-corrected chi connectivity index (χ0v) is 16.7. The molecule has 3 aromatic rings. The molecule has 0 saturated carbocycles. The van der Waals surface area contributed by atoms with Gasteiger partial charge in [-0.1, -0.05) is 54.6 Å². The lowest BCUT2D eigenvalue weighted by molar-refractivity contribution is -0.139. The lowest BCUT2D eigenvalue weighted by atomic mass is 9.98. The average molecular weight is 403 g/mol. The third-order valence-electron chi connectivity index (χ3n) is 5.43. The molecular weight excluding hydrogens is 378 g/mol. The molecule has 2 N–H and O–H groups in total. The number of benzene rings is 2. The number of nitrogens with zero attached hydrogens (tertiary/aromatic N) is 1. The van der Waals surface area contributed by atoms with Gasteiger partial charge in [0.2, 0.25) is 0 Å². The Morgan fingerprint density at radius 1 is 0.900 bits per heavy atom. The van der Waals surface area contributed by atoms with Gasteiger partial charge in [-0.2, -0.15) is 0 Å². The van der Waals surface area contributed by atoms with Crippen molar-refractivity contribution < 1.29 is 14.0 Å². The summed E-state index contributed by atoms with van der Waals surface area (Å²) in [6, 6.07) is 21.5. The van der Waals surface area contributed by atoms with Gasteiger partial charge in [-0.05, 0) is 35.2 Å². The predicted octanol–water partition coefficient (Wildman–Crippen LogP) is 2.81. The summed E-state index contributed by atoms with van der Waals surface area (Å²) in [5.41, 5.74) is 3.59. The molecule has 0 radical (unpaired) electrons. The topological polar surface area (TPSA) is 74.6 Å². The first kappa shape index (κ1) is 19.9. The SMILES string of the molecule is O=C(NCc1ccccc1)C(=O)NCC(c1ccco1)N1CCc2ccccc2C1. The van der Waals surface area contributed by atoms with Gasteiger partial charge in [0.05, 0.1) is 12.3 Å². The molecule has 6 nitrogen and oxygen atoms in total. The van der Waals surface area contributed by atoms with Gasteiger partial charge in [-0.3, -0.25) is 14.5 Å². The molecule has 2 amide bonds. The molecule has 2 heterocycles. The fourth-order valence-corrected chi connectivity index (χ4v) is 3.80. The van der Waals surface area contributed by atoms with Gasteiger partial charge in [-0.25, -0.2) is 0 Å². The second kappa shape index (κ2) is 9.41. The van der Waals surface area contributed by atoms with Crippen LogP contribution in [-0.4, -0.2) is 29.8 Å². The van der Waals surface area contributed by atoms with Crippen molar-refractivity contribution in [2.45, 2.75) is 25.6 Å². The van der Waals surface area contributed by atoms with E-state index in [1.807, 2.05) is 48.5 Å². The summed E-state index contributed by atoms with van der Waals surface area (Å²) in [6.07, 6.45) is 2.58. The van der Waals surface area contributed by atoms with Crippen molar-refractivity contribution in [2.75, 3.05) is 13.1 Å². The first-order valence-electron chi connectivity index (χ1n) is 10.1. The Morgan fingerprint density at radius 3 is 2.40 bits per heavy atom. The highest BCUT2D eigenvalue weighted by Gasteiger charge is 2.27. The van der Waals surface area contributed by atoms with Crippen LogP contribution in [0.4, 0.5) is 0 Å². The highest BCUT2D eigenvalue weighted by molar-refractivity contribution is 6.35. The molecule has 30 heavy (non-hydrogen) atoms. The Balaban J connectivity index is 1.37. The molecule has 0 aliphatic carbocycles. The number of nitrogens with one attached hydrogen (secondary N) is 2. The average Bonchev–Trinajstić information content (AvgIpc) is 3.32. The Morgan fingerprint density at radius 2 is 1.63 bits per heavy atom. The van der Waals surface area contributed by atoms with Crippen molar-refractivity contribution in [1.82, 2.24) is 15.5 Å². The number of rotatable bonds is 6. The summed E-state index contributed by atoms with van der Waals surface area (Å²) in [7, 11) is 0. The van der Waals surface area contributed by atoms with Gasteiger partial charge >= 0.3 is 11.8 Å². The number of amides is 2. The largest absolute Gasteiger partial charge is 0.468 e. The van der Waals surface area contributed by atoms with E-state index < -0.39 is 11.8 Å². The molecule has 1 aromatic heterocycles. The molecule has 1 atom stereocenters. The molecule has 4 rings (SSSR count). The standard InChI is InChI=1S/C24H25N3O3/c28-23(25-15-18-7-2-1-3-8-18)24(29)26-16-21(22-11-6-14-30-22)27-13-12-19-9-4-5-10-20(19)17-27/h1-11,14,21H,12-13,15-17H2,(H,25,28)(H,26,29). The highest BCUT2D eigenvalue weighted by atomic mass is 16.3. The maximum absolute atomic E-state index is 12.3. The first-order valence-corrected chi connectivity index (χ1v) is 10.1. The summed E-state index contributed by atoms with van der Waals surface area (Å²) in [5, 5.41) is 5.44. The molecule has 6 heteroatoms. The van der Waals surface area contributed by atoms with E-state index in [9.17, 15) is 9.59 Å². The van der Waals surface area contributed by atoms with Crippen LogP contribution in [-0.2, 0) is 29.1 Å². The molecule has 1 aliphatic rings. The number of hydrogen-bond donors (Lipinski definition) is 2. The number of furan rings is 1. The van der Waals surface area contributed by atoms with E-state index in [0.717, 1.165) is 30.8 Å². The number of carbonyl (C=O) groups excluding carboxylic acids is 2. The van der Waals surface area contributed by atoms with E-state index in [1.165, 1.54) is 11.1 Å². The lowest BCUT2D eigenvalue weighted by Gasteiger charge is -2.34. The third-order valence-corrected chi connectivity index (χ3v) is 5.43. The van der Waals surface area contributed by atoms with Gasteiger partial charge in [0, 0.05) is 26.2 Å². The van der Waals surface area contributed by atoms with Crippen LogP contribution in [0, 0.1) is 0 Å². The summed E-state index contributed by atoms with van der Waals surface area (Å²) in [5.74, 6) is -0.500. The molecule has 0 fully saturated rings. The fraction of sp³-hybridized carbons (Fsp3) is 0.250. The van der Waals surface area contributed by atoms with Crippen molar-refractivity contribution in [3.63, 3.8) is 0 Å². The van der Waals surface area contributed by atoms with E-state index in [1.54, 1.807) is 6.26 Å². The van der Waals surface area contributed by atoms with Gasteiger partial charge in [0.1, 0.15) is 5.76 Å². The second-order valence-corrected chi connectivity index (χ2v) is 7.40. The quantitative estimate of drug-likeness (QED) is 0.621. The molecule has 154 valence electrons. The maximum Gasteiger partial charge on any atom is 0.309 e. The van der Waals surface area contributed by atoms with Crippen molar-refractivity contribution in [2.24, 2.45) is 0 Å². The highest BCUT2D eigenvalue weighted by Crippen LogP contribution is 2.27. The summed E-state index contributed by atoms with van der Waals surface area (Å²) in [4.78, 5) is 26.8. The minimum absolute atomic E-state index is 0.140. The van der Waals surface area contributed by atoms with Crippen LogP contribution in [0.25, 0.3) is 0 Å². The summed E-state index contributed by atoms with van der Waals surface area (Å²) < 4.78 is 5.64. The van der Waals surface area contributed by atoms with Crippen molar-refractivity contribution in [3.8, 4) is 0 Å². The Labute approximate surface area is 175 Å². The monoisotopic (exact) mass is 403 g/mol. The molecule has 0 spiro atoms. The van der Waals surface area contributed by atoms with Gasteiger partial charge < -0.3 is 15.1 Å². The van der Waals surface area contributed by atoms with Crippen LogP contribution in [0.5, 0.6) is 0 Å². The van der Waals surface area contributed by atoms with Crippen LogP contribution in [0.3, 0.4) is 0 Å². The van der Waals surface area contributed by atoms with Gasteiger partial charge in [0.15, 0.2) is 0 Å². The minimum atomic E-state index is -0.639. The molecule has 0 bridgehead atoms. The Kier molecular flexibility index (Phi) is 6.25. The van der Waals surface area contributed by atoms with Crippen LogP contribution in [0.2, 0.25) is 0 Å². The zero-order valence-electron chi connectivity index (χ0n) is 16.7. The second-order valence-electron chi connectivity index (χ2n) is 7.40. The molecule has 1 aliphatic heterocycles. The summed E-state index contributed by atoms with van der Waals surface area (Å²) >= 11 is 0. The Hall–Kier alpha value is -3.38. The van der Waals surface area contributed by atoms with Crippen LogP contribution < -0.4 is 10.6 Å². The molecular formula is C24H25N3O3. The molecule has 0 saturated heterocycles. The van der Waals surface area contributed by atoms with Gasteiger partial charge in [0.25, 0.3) is 0 Å². The fourth-order valence-electron chi connectivity index (χ4n) is 3.80. The minimum Gasteiger partial charge on any atom is -0.468 e. The van der Waals surface area contributed by atoms with Crippen LogP contribution >= 0.6 is 0 Å². The van der Waals surface area contributed by atoms with E-state index in [2.05, 4.69) is 33.7 Å². The van der Waals surface area contributed by atoms with E-state index in [0.29, 0.717) is 13.1 Å². The predicted molar refractivity (Wildman–Crippen MR) is 113 cm³/mol. The van der Waals surface area contributed by atoms with Crippen molar-refractivity contribution in [3.05, 3.63) is 95.4 Å². The summed E-state index contributed by atoms with van der Waals surface area (Å²) in [6.45, 7) is 2.25. The normalized spacial score (nSPS) is 14.5. The number of hydrogen-bond acceptors (Lipinski definition) is 4. The number of carbonyl (C=O) groups is 2.